The zero-order chi connectivity index (χ0) is 22.2. The molecule has 1 aliphatic rings. The number of nitrogens with one attached hydrogen (secondary N) is 2. The van der Waals surface area contributed by atoms with Gasteiger partial charge >= 0.3 is 0 Å². The van der Waals surface area contributed by atoms with Gasteiger partial charge in [0.05, 0.1) is 25.9 Å². The number of benzene rings is 2. The first kappa shape index (κ1) is 22.3. The fourth-order valence-electron chi connectivity index (χ4n) is 3.26. The van der Waals surface area contributed by atoms with Crippen molar-refractivity contribution in [2.45, 2.75) is 6.54 Å². The Kier molecular flexibility index (Phi) is 7.58. The molecular weight excluding hydrogens is 405 g/mol. The van der Waals surface area contributed by atoms with Crippen molar-refractivity contribution in [1.29, 1.82) is 0 Å². The smallest absolute Gasteiger partial charge is 0.267 e. The number of carbonyl (C=O) groups is 2. The molecule has 1 fully saturated rings. The molecule has 0 aliphatic carbocycles. The summed E-state index contributed by atoms with van der Waals surface area (Å²) in [7, 11) is 1.50. The summed E-state index contributed by atoms with van der Waals surface area (Å²) < 4.78 is 24.6. The van der Waals surface area contributed by atoms with E-state index in [0.717, 1.165) is 0 Å². The third-order valence-corrected chi connectivity index (χ3v) is 4.84. The molecule has 1 aliphatic heterocycles. The Hall–Kier alpha value is -3.43. The number of anilines is 1. The van der Waals surface area contributed by atoms with E-state index in [2.05, 4.69) is 5.32 Å². The Morgan fingerprint density at radius 2 is 2.00 bits per heavy atom. The van der Waals surface area contributed by atoms with Crippen LogP contribution in [-0.2, 0) is 16.1 Å². The Balaban J connectivity index is 1.74. The molecular formula is C22H24FN3O5. The first-order valence-corrected chi connectivity index (χ1v) is 9.71. The molecule has 2 aromatic rings. The molecule has 164 valence electrons. The minimum atomic E-state index is -0.651. The zero-order valence-electron chi connectivity index (χ0n) is 17.1. The number of methoxy groups -OCH3 is 1. The van der Waals surface area contributed by atoms with Crippen molar-refractivity contribution in [3.63, 3.8) is 0 Å². The third-order valence-electron chi connectivity index (χ3n) is 4.84. The van der Waals surface area contributed by atoms with Crippen LogP contribution in [-0.4, -0.2) is 50.4 Å². The molecule has 0 spiro atoms. The predicted molar refractivity (Wildman–Crippen MR) is 113 cm³/mol. The van der Waals surface area contributed by atoms with E-state index in [1.165, 1.54) is 36.9 Å². The Labute approximate surface area is 179 Å². The summed E-state index contributed by atoms with van der Waals surface area (Å²) in [4.78, 5) is 26.0. The highest BCUT2D eigenvalue weighted by molar-refractivity contribution is 6.00. The predicted octanol–water partition coefficient (Wildman–Crippen LogP) is 2.12. The van der Waals surface area contributed by atoms with Crippen molar-refractivity contribution in [3.8, 4) is 5.75 Å². The van der Waals surface area contributed by atoms with Gasteiger partial charge in [0.2, 0.25) is 0 Å². The molecule has 0 radical (unpaired) electrons. The number of hydrogen-bond acceptors (Lipinski definition) is 6. The lowest BCUT2D eigenvalue weighted by molar-refractivity contribution is -0.124. The topological polar surface area (TPSA) is 100 Å². The summed E-state index contributed by atoms with van der Waals surface area (Å²) >= 11 is 0. The quantitative estimate of drug-likeness (QED) is 0.354. The molecule has 9 heteroatoms. The summed E-state index contributed by atoms with van der Waals surface area (Å²) in [6.07, 6.45) is 2.69. The number of hydroxylamine groups is 1. The van der Waals surface area contributed by atoms with E-state index in [9.17, 15) is 14.0 Å². The van der Waals surface area contributed by atoms with Crippen LogP contribution in [0.15, 0.2) is 42.5 Å². The number of hydrogen-bond donors (Lipinski definition) is 3. The molecule has 0 bridgehead atoms. The van der Waals surface area contributed by atoms with Crippen LogP contribution in [0.2, 0.25) is 0 Å². The van der Waals surface area contributed by atoms with Crippen LogP contribution in [0, 0.1) is 5.82 Å². The van der Waals surface area contributed by atoms with Gasteiger partial charge in [0.1, 0.15) is 11.6 Å². The molecule has 3 rings (SSSR count). The Morgan fingerprint density at radius 3 is 2.71 bits per heavy atom. The highest BCUT2D eigenvalue weighted by atomic mass is 19.1. The van der Waals surface area contributed by atoms with Gasteiger partial charge in [0, 0.05) is 37.0 Å². The van der Waals surface area contributed by atoms with Gasteiger partial charge in [-0.1, -0.05) is 12.1 Å². The van der Waals surface area contributed by atoms with Gasteiger partial charge in [-0.25, -0.2) is 9.87 Å². The number of nitrogens with zero attached hydrogens (tertiary/aromatic N) is 1. The van der Waals surface area contributed by atoms with E-state index in [-0.39, 0.29) is 12.1 Å². The number of ether oxygens (including phenoxy) is 2. The van der Waals surface area contributed by atoms with Gasteiger partial charge < -0.3 is 19.7 Å². The van der Waals surface area contributed by atoms with Crippen LogP contribution in [0.5, 0.6) is 5.75 Å². The minimum absolute atomic E-state index is 0.169. The molecule has 0 saturated carbocycles. The fourth-order valence-corrected chi connectivity index (χ4v) is 3.26. The zero-order valence-corrected chi connectivity index (χ0v) is 17.1. The number of halogens is 1. The van der Waals surface area contributed by atoms with Gasteiger partial charge in [0.25, 0.3) is 11.8 Å². The lowest BCUT2D eigenvalue weighted by Gasteiger charge is -2.30. The third kappa shape index (κ3) is 5.80. The standard InChI is InChI=1S/C22H24FN3O5/c1-30-20-12-15(3-7-21(27)25-29)2-4-16(20)14-24-22(28)18-13-17(23)5-6-19(18)26-8-10-31-11-9-26/h2-7,12-13,29H,8-11,14H2,1H3,(H,24,28)(H,25,27)/b7-3+. The molecule has 31 heavy (non-hydrogen) atoms. The van der Waals surface area contributed by atoms with Crippen molar-refractivity contribution in [2.75, 3.05) is 38.3 Å². The van der Waals surface area contributed by atoms with Crippen LogP contribution < -0.4 is 20.4 Å². The highest BCUT2D eigenvalue weighted by Gasteiger charge is 2.20. The lowest BCUT2D eigenvalue weighted by Crippen LogP contribution is -2.38. The van der Waals surface area contributed by atoms with Crippen molar-refractivity contribution in [2.24, 2.45) is 0 Å². The average molecular weight is 429 g/mol. The summed E-state index contributed by atoms with van der Waals surface area (Å²) in [5, 5.41) is 11.4. The van der Waals surface area contributed by atoms with Gasteiger partial charge in [-0.05, 0) is 35.9 Å². The van der Waals surface area contributed by atoms with Gasteiger partial charge in [-0.15, -0.1) is 0 Å². The summed E-state index contributed by atoms with van der Waals surface area (Å²) in [5.41, 5.74) is 3.83. The molecule has 8 nitrogen and oxygen atoms in total. The average Bonchev–Trinajstić information content (AvgIpc) is 2.81. The molecule has 1 saturated heterocycles. The van der Waals surface area contributed by atoms with Crippen LogP contribution in [0.3, 0.4) is 0 Å². The second kappa shape index (κ2) is 10.6. The maximum Gasteiger partial charge on any atom is 0.267 e. The van der Waals surface area contributed by atoms with E-state index in [1.54, 1.807) is 24.3 Å². The lowest BCUT2D eigenvalue weighted by atomic mass is 10.1. The Morgan fingerprint density at radius 1 is 1.23 bits per heavy atom. The molecule has 1 heterocycles. The van der Waals surface area contributed by atoms with Crippen molar-refractivity contribution in [3.05, 3.63) is 65.0 Å². The Bertz CT molecular complexity index is 974. The van der Waals surface area contributed by atoms with Gasteiger partial charge in [0.15, 0.2) is 0 Å². The molecule has 3 N–H and O–H groups in total. The normalized spacial score (nSPS) is 13.8. The van der Waals surface area contributed by atoms with E-state index >= 15 is 0 Å². The molecule has 2 amide bonds. The number of rotatable bonds is 7. The van der Waals surface area contributed by atoms with E-state index in [0.29, 0.717) is 48.9 Å². The summed E-state index contributed by atoms with van der Waals surface area (Å²) in [6, 6.07) is 9.38. The number of amides is 2. The monoisotopic (exact) mass is 429 g/mol. The van der Waals surface area contributed by atoms with E-state index in [1.807, 2.05) is 4.90 Å². The van der Waals surface area contributed by atoms with E-state index in [4.69, 9.17) is 14.7 Å². The van der Waals surface area contributed by atoms with Crippen LogP contribution in [0.1, 0.15) is 21.5 Å². The summed E-state index contributed by atoms with van der Waals surface area (Å²) in [6.45, 7) is 2.53. The van der Waals surface area contributed by atoms with Crippen molar-refractivity contribution < 1.29 is 28.7 Å². The van der Waals surface area contributed by atoms with Crippen LogP contribution in [0.25, 0.3) is 6.08 Å². The van der Waals surface area contributed by atoms with E-state index < -0.39 is 17.6 Å². The molecule has 0 unspecified atom stereocenters. The van der Waals surface area contributed by atoms with Gasteiger partial charge in [-0.2, -0.15) is 0 Å². The highest BCUT2D eigenvalue weighted by Crippen LogP contribution is 2.24. The second-order valence-electron chi connectivity index (χ2n) is 6.82. The first-order chi connectivity index (χ1) is 15.0. The van der Waals surface area contributed by atoms with Crippen molar-refractivity contribution in [1.82, 2.24) is 10.8 Å². The molecule has 0 aromatic heterocycles. The van der Waals surface area contributed by atoms with Crippen molar-refractivity contribution >= 4 is 23.6 Å². The largest absolute Gasteiger partial charge is 0.496 e. The summed E-state index contributed by atoms with van der Waals surface area (Å²) in [5.74, 6) is -1.02. The maximum absolute atomic E-state index is 13.9. The molecule has 2 aromatic carbocycles. The first-order valence-electron chi connectivity index (χ1n) is 9.71. The number of carbonyl (C=O) groups excluding carboxylic acids is 2. The second-order valence-corrected chi connectivity index (χ2v) is 6.82. The minimum Gasteiger partial charge on any atom is -0.496 e. The maximum atomic E-state index is 13.9. The van der Waals surface area contributed by atoms with Crippen LogP contribution in [0.4, 0.5) is 10.1 Å². The molecule has 0 atom stereocenters. The fraction of sp³-hybridized carbons (Fsp3) is 0.273. The van der Waals surface area contributed by atoms with Crippen LogP contribution >= 0.6 is 0 Å². The van der Waals surface area contributed by atoms with Gasteiger partial charge in [-0.3, -0.25) is 14.8 Å². The SMILES string of the molecule is COc1cc(/C=C/C(=O)NO)ccc1CNC(=O)c1cc(F)ccc1N1CCOCC1. The number of morpholine rings is 1.